The molecule has 0 spiro atoms. The smallest absolute Gasteiger partial charge is 0.163 e. The number of halogens is 1. The molecule has 0 aliphatic carbocycles. The van der Waals surface area contributed by atoms with Gasteiger partial charge >= 0.3 is 0 Å². The zero-order valence-corrected chi connectivity index (χ0v) is 10.9. The van der Waals surface area contributed by atoms with Gasteiger partial charge in [-0.1, -0.05) is 0 Å². The number of rotatable bonds is 1. The molecular formula is C13H16ClNO3. The van der Waals surface area contributed by atoms with Crippen molar-refractivity contribution in [3.8, 4) is 11.5 Å². The van der Waals surface area contributed by atoms with Crippen molar-refractivity contribution in [2.45, 2.75) is 12.8 Å². The summed E-state index contributed by atoms with van der Waals surface area (Å²) in [6, 6.07) is 5.98. The number of hydrogen-bond donors (Lipinski definition) is 0. The third kappa shape index (κ3) is 2.53. The number of carbonyl (C=O) groups excluding carboxylic acids is 1. The third-order valence-corrected chi connectivity index (χ3v) is 3.21. The van der Waals surface area contributed by atoms with E-state index in [9.17, 15) is 4.79 Å². The van der Waals surface area contributed by atoms with Crippen molar-refractivity contribution in [3.63, 3.8) is 0 Å². The van der Waals surface area contributed by atoms with Gasteiger partial charge in [-0.25, -0.2) is 0 Å². The molecule has 1 fully saturated rings. The van der Waals surface area contributed by atoms with Crippen molar-refractivity contribution in [3.05, 3.63) is 18.2 Å². The summed E-state index contributed by atoms with van der Waals surface area (Å²) in [5.74, 6) is 1.98. The van der Waals surface area contributed by atoms with E-state index in [-0.39, 0.29) is 12.4 Å². The van der Waals surface area contributed by atoms with Gasteiger partial charge in [-0.15, -0.1) is 12.4 Å². The number of hydrogen-bond acceptors (Lipinski definition) is 4. The van der Waals surface area contributed by atoms with Crippen molar-refractivity contribution in [2.75, 3.05) is 31.2 Å². The highest BCUT2D eigenvalue weighted by molar-refractivity contribution is 5.85. The lowest BCUT2D eigenvalue weighted by molar-refractivity contribution is -0.119. The Morgan fingerprint density at radius 2 is 1.67 bits per heavy atom. The van der Waals surface area contributed by atoms with Crippen molar-refractivity contribution in [1.29, 1.82) is 0 Å². The second-order valence-electron chi connectivity index (χ2n) is 4.35. The van der Waals surface area contributed by atoms with Crippen LogP contribution >= 0.6 is 12.4 Å². The molecule has 4 nitrogen and oxygen atoms in total. The van der Waals surface area contributed by atoms with Gasteiger partial charge in [0.1, 0.15) is 19.0 Å². The maximum absolute atomic E-state index is 11.2. The molecule has 3 rings (SSSR count). The van der Waals surface area contributed by atoms with E-state index in [0.717, 1.165) is 30.3 Å². The monoisotopic (exact) mass is 269 g/mol. The molecule has 2 aliphatic rings. The van der Waals surface area contributed by atoms with Crippen molar-refractivity contribution in [2.24, 2.45) is 0 Å². The summed E-state index contributed by atoms with van der Waals surface area (Å²) in [5, 5.41) is 0. The molecule has 0 aromatic heterocycles. The summed E-state index contributed by atoms with van der Waals surface area (Å²) in [6.45, 7) is 2.83. The average molecular weight is 270 g/mol. The molecule has 0 unspecified atom stereocenters. The lowest BCUT2D eigenvalue weighted by Gasteiger charge is -2.29. The maximum atomic E-state index is 11.2. The molecule has 2 aliphatic heterocycles. The number of ketones is 1. The fourth-order valence-electron chi connectivity index (χ4n) is 2.24. The Balaban J connectivity index is 0.00000120. The van der Waals surface area contributed by atoms with E-state index >= 15 is 0 Å². The van der Waals surface area contributed by atoms with Gasteiger partial charge in [0, 0.05) is 37.7 Å². The van der Waals surface area contributed by atoms with Crippen LogP contribution in [0.4, 0.5) is 5.69 Å². The Hall–Kier alpha value is -1.42. The van der Waals surface area contributed by atoms with Gasteiger partial charge in [-0.2, -0.15) is 0 Å². The van der Waals surface area contributed by atoms with E-state index in [1.54, 1.807) is 0 Å². The van der Waals surface area contributed by atoms with Crippen molar-refractivity contribution in [1.82, 2.24) is 0 Å². The van der Waals surface area contributed by atoms with E-state index in [2.05, 4.69) is 4.90 Å². The molecular weight excluding hydrogens is 254 g/mol. The summed E-state index contributed by atoms with van der Waals surface area (Å²) in [6.07, 6.45) is 1.29. The molecule has 18 heavy (non-hydrogen) atoms. The fraction of sp³-hybridized carbons (Fsp3) is 0.462. The van der Waals surface area contributed by atoms with Crippen LogP contribution in [-0.4, -0.2) is 32.1 Å². The van der Waals surface area contributed by atoms with Gasteiger partial charge in [0.25, 0.3) is 0 Å². The van der Waals surface area contributed by atoms with Crippen LogP contribution in [0.3, 0.4) is 0 Å². The first-order chi connectivity index (χ1) is 8.33. The number of fused-ring (bicyclic) bond motifs is 1. The molecule has 0 N–H and O–H groups in total. The average Bonchev–Trinajstić information content (AvgIpc) is 2.39. The molecule has 0 bridgehead atoms. The largest absolute Gasteiger partial charge is 0.486 e. The Morgan fingerprint density at radius 3 is 2.39 bits per heavy atom. The van der Waals surface area contributed by atoms with Crippen LogP contribution in [0.15, 0.2) is 18.2 Å². The zero-order valence-electron chi connectivity index (χ0n) is 10.1. The number of ether oxygens (including phenoxy) is 2. The lowest BCUT2D eigenvalue weighted by Crippen LogP contribution is -2.33. The van der Waals surface area contributed by atoms with E-state index < -0.39 is 0 Å². The second kappa shape index (κ2) is 5.48. The van der Waals surface area contributed by atoms with Crippen LogP contribution in [-0.2, 0) is 4.79 Å². The number of anilines is 1. The van der Waals surface area contributed by atoms with Crippen LogP contribution in [0.2, 0.25) is 0 Å². The van der Waals surface area contributed by atoms with Crippen molar-refractivity contribution >= 4 is 23.9 Å². The van der Waals surface area contributed by atoms with E-state index in [4.69, 9.17) is 9.47 Å². The van der Waals surface area contributed by atoms with E-state index in [1.807, 2.05) is 18.2 Å². The Bertz CT molecular complexity index is 440. The Kier molecular flexibility index (Phi) is 3.97. The molecule has 1 aromatic rings. The van der Waals surface area contributed by atoms with Gasteiger partial charge in [0.05, 0.1) is 0 Å². The first kappa shape index (κ1) is 13.0. The van der Waals surface area contributed by atoms with Crippen LogP contribution in [0.1, 0.15) is 12.8 Å². The summed E-state index contributed by atoms with van der Waals surface area (Å²) in [4.78, 5) is 13.4. The Labute approximate surface area is 112 Å². The highest BCUT2D eigenvalue weighted by Crippen LogP contribution is 2.34. The SMILES string of the molecule is Cl.O=C1CCN(c2ccc3c(c2)OCCO3)CC1. The predicted octanol–water partition coefficient (Wildman–Crippen LogP) is 2.05. The first-order valence-corrected chi connectivity index (χ1v) is 5.99. The zero-order chi connectivity index (χ0) is 11.7. The highest BCUT2D eigenvalue weighted by atomic mass is 35.5. The lowest BCUT2D eigenvalue weighted by atomic mass is 10.1. The molecule has 0 amide bonds. The van der Waals surface area contributed by atoms with Crippen LogP contribution in [0.25, 0.3) is 0 Å². The third-order valence-electron chi connectivity index (χ3n) is 3.21. The minimum Gasteiger partial charge on any atom is -0.486 e. The van der Waals surface area contributed by atoms with Gasteiger partial charge in [-0.3, -0.25) is 4.79 Å². The normalized spacial score (nSPS) is 18.2. The highest BCUT2D eigenvalue weighted by Gasteiger charge is 2.19. The number of piperidine rings is 1. The van der Waals surface area contributed by atoms with Crippen molar-refractivity contribution < 1.29 is 14.3 Å². The molecule has 98 valence electrons. The molecule has 0 saturated carbocycles. The van der Waals surface area contributed by atoms with Gasteiger partial charge in [-0.05, 0) is 12.1 Å². The standard InChI is InChI=1S/C13H15NO3.ClH/c15-11-3-5-14(6-4-11)10-1-2-12-13(9-10)17-8-7-16-12;/h1-2,9H,3-8H2;1H. The number of carbonyl (C=O) groups is 1. The quantitative estimate of drug-likeness (QED) is 0.782. The van der Waals surface area contributed by atoms with E-state index in [1.165, 1.54) is 0 Å². The topological polar surface area (TPSA) is 38.8 Å². The summed E-state index contributed by atoms with van der Waals surface area (Å²) in [7, 11) is 0. The van der Waals surface area contributed by atoms with Gasteiger partial charge < -0.3 is 14.4 Å². The molecule has 1 aromatic carbocycles. The number of Topliss-reactive ketones (excluding diaryl/α,β-unsaturated/α-hetero) is 1. The minimum atomic E-state index is 0. The Morgan fingerprint density at radius 1 is 1.00 bits per heavy atom. The molecule has 5 heteroatoms. The maximum Gasteiger partial charge on any atom is 0.163 e. The second-order valence-corrected chi connectivity index (χ2v) is 4.35. The first-order valence-electron chi connectivity index (χ1n) is 5.99. The van der Waals surface area contributed by atoms with E-state index in [0.29, 0.717) is 31.8 Å². The predicted molar refractivity (Wildman–Crippen MR) is 71.1 cm³/mol. The number of nitrogens with zero attached hydrogens (tertiary/aromatic N) is 1. The fourth-order valence-corrected chi connectivity index (χ4v) is 2.24. The van der Waals surface area contributed by atoms with Crippen LogP contribution < -0.4 is 14.4 Å². The summed E-state index contributed by atoms with van der Waals surface area (Å²) < 4.78 is 11.0. The molecule has 0 atom stereocenters. The minimum absolute atomic E-state index is 0. The summed E-state index contributed by atoms with van der Waals surface area (Å²) >= 11 is 0. The van der Waals surface area contributed by atoms with Crippen LogP contribution in [0, 0.1) is 0 Å². The number of benzene rings is 1. The van der Waals surface area contributed by atoms with Gasteiger partial charge in [0.15, 0.2) is 11.5 Å². The molecule has 0 radical (unpaired) electrons. The molecule has 1 saturated heterocycles. The van der Waals surface area contributed by atoms with Crippen LogP contribution in [0.5, 0.6) is 11.5 Å². The van der Waals surface area contributed by atoms with Gasteiger partial charge in [0.2, 0.25) is 0 Å². The molecule has 2 heterocycles. The summed E-state index contributed by atoms with van der Waals surface area (Å²) in [5.41, 5.74) is 1.11.